The SMILES string of the molecule is Clc1nc(Cl)nc(NC2CC(Nc3nc(Cl)nc(Cl)n3)CC(Nc3nc(Cl)nc(Cl)n3)C2)n1. The van der Waals surface area contributed by atoms with Gasteiger partial charge in [-0.2, -0.15) is 44.9 Å². The van der Waals surface area contributed by atoms with Crippen LogP contribution in [0, 0.1) is 0 Å². The average molecular weight is 573 g/mol. The zero-order chi connectivity index (χ0) is 23.5. The van der Waals surface area contributed by atoms with E-state index in [2.05, 4.69) is 60.8 Å². The van der Waals surface area contributed by atoms with Crippen LogP contribution in [0.3, 0.4) is 0 Å². The van der Waals surface area contributed by atoms with Gasteiger partial charge in [0, 0.05) is 18.1 Å². The van der Waals surface area contributed by atoms with Gasteiger partial charge in [0.1, 0.15) is 0 Å². The fraction of sp³-hybridized carbons (Fsp3) is 0.400. The molecule has 0 aromatic carbocycles. The van der Waals surface area contributed by atoms with Gasteiger partial charge in [0.05, 0.1) is 0 Å². The summed E-state index contributed by atoms with van der Waals surface area (Å²) in [5.41, 5.74) is 0. The highest BCUT2D eigenvalue weighted by Gasteiger charge is 2.31. The molecule has 0 amide bonds. The van der Waals surface area contributed by atoms with Crippen LogP contribution in [-0.4, -0.2) is 63.0 Å². The molecule has 12 nitrogen and oxygen atoms in total. The van der Waals surface area contributed by atoms with Crippen molar-refractivity contribution < 1.29 is 0 Å². The molecular weight excluding hydrogens is 561 g/mol. The van der Waals surface area contributed by atoms with E-state index in [0.29, 0.717) is 19.3 Å². The molecule has 0 radical (unpaired) electrons. The van der Waals surface area contributed by atoms with Crippen LogP contribution >= 0.6 is 69.6 Å². The first kappa shape index (κ1) is 24.3. The van der Waals surface area contributed by atoms with Crippen molar-refractivity contribution >= 4 is 87.5 Å². The number of anilines is 3. The number of hydrogen-bond donors (Lipinski definition) is 3. The third-order valence-corrected chi connectivity index (χ3v) is 5.46. The highest BCUT2D eigenvalue weighted by molar-refractivity contribution is 6.32. The van der Waals surface area contributed by atoms with Crippen molar-refractivity contribution in [3.63, 3.8) is 0 Å². The Morgan fingerprint density at radius 3 is 0.818 bits per heavy atom. The second kappa shape index (κ2) is 10.6. The summed E-state index contributed by atoms with van der Waals surface area (Å²) in [5.74, 6) is 0.714. The van der Waals surface area contributed by atoms with Crippen LogP contribution in [0.25, 0.3) is 0 Å². The quantitative estimate of drug-likeness (QED) is 0.390. The minimum atomic E-state index is -0.135. The summed E-state index contributed by atoms with van der Waals surface area (Å²) >= 11 is 35.4. The van der Waals surface area contributed by atoms with Gasteiger partial charge in [0.2, 0.25) is 49.5 Å². The summed E-state index contributed by atoms with van der Waals surface area (Å²) in [6.07, 6.45) is 1.87. The fourth-order valence-corrected chi connectivity index (χ4v) is 4.48. The number of halogens is 6. The Morgan fingerprint density at radius 2 is 0.606 bits per heavy atom. The number of nitrogens with one attached hydrogen (secondary N) is 3. The first-order valence-corrected chi connectivity index (χ1v) is 11.5. The van der Waals surface area contributed by atoms with E-state index in [0.717, 1.165) is 0 Å². The summed E-state index contributed by atoms with van der Waals surface area (Å²) < 4.78 is 0. The highest BCUT2D eigenvalue weighted by atomic mass is 35.5. The molecule has 3 aromatic heterocycles. The van der Waals surface area contributed by atoms with Crippen molar-refractivity contribution in [2.24, 2.45) is 0 Å². The Labute approximate surface area is 216 Å². The van der Waals surface area contributed by atoms with E-state index in [-0.39, 0.29) is 67.7 Å². The smallest absolute Gasteiger partial charge is 0.228 e. The standard InChI is InChI=1S/C15H12Cl6N12/c16-7-25-8(17)29-13(28-7)22-4-1-5(23-14-30-9(18)26-10(19)31-14)3-6(2-4)24-15-32-11(20)27-12(21)33-15/h4-6H,1-3H2,(H,22,25,28,29)(H,23,26,30,31)(H,24,27,32,33). The lowest BCUT2D eigenvalue weighted by atomic mass is 9.87. The normalized spacial score (nSPS) is 20.4. The molecule has 0 unspecified atom stereocenters. The summed E-state index contributed by atoms with van der Waals surface area (Å²) in [6.45, 7) is 0. The maximum absolute atomic E-state index is 5.89. The second-order valence-electron chi connectivity index (χ2n) is 6.82. The first-order valence-electron chi connectivity index (χ1n) is 9.22. The van der Waals surface area contributed by atoms with Crippen LogP contribution in [0.15, 0.2) is 0 Å². The minimum absolute atomic E-state index is 0.0263. The van der Waals surface area contributed by atoms with Crippen LogP contribution in [0.4, 0.5) is 17.8 Å². The summed E-state index contributed by atoms with van der Waals surface area (Å²) in [4.78, 5) is 35.6. The van der Waals surface area contributed by atoms with Gasteiger partial charge in [-0.05, 0) is 88.9 Å². The van der Waals surface area contributed by atoms with E-state index in [1.54, 1.807) is 0 Å². The molecule has 0 saturated heterocycles. The van der Waals surface area contributed by atoms with Crippen LogP contribution in [0.2, 0.25) is 31.7 Å². The zero-order valence-corrected chi connectivity index (χ0v) is 20.7. The van der Waals surface area contributed by atoms with Crippen molar-refractivity contribution in [1.82, 2.24) is 44.9 Å². The Balaban J connectivity index is 1.54. The molecule has 33 heavy (non-hydrogen) atoms. The fourth-order valence-electron chi connectivity index (χ4n) is 3.39. The average Bonchev–Trinajstić information content (AvgIpc) is 2.65. The van der Waals surface area contributed by atoms with E-state index in [1.807, 2.05) is 0 Å². The van der Waals surface area contributed by atoms with E-state index in [1.165, 1.54) is 0 Å². The summed E-state index contributed by atoms with van der Waals surface area (Å²) in [6, 6.07) is -0.406. The van der Waals surface area contributed by atoms with Crippen molar-refractivity contribution in [3.05, 3.63) is 31.7 Å². The third-order valence-electron chi connectivity index (χ3n) is 4.45. The summed E-state index contributed by atoms with van der Waals surface area (Å²) in [7, 11) is 0. The van der Waals surface area contributed by atoms with Gasteiger partial charge in [0.15, 0.2) is 0 Å². The van der Waals surface area contributed by atoms with Gasteiger partial charge >= 0.3 is 0 Å². The Morgan fingerprint density at radius 1 is 0.394 bits per heavy atom. The molecule has 1 aliphatic rings. The predicted molar refractivity (Wildman–Crippen MR) is 126 cm³/mol. The molecule has 1 aliphatic carbocycles. The van der Waals surface area contributed by atoms with Crippen LogP contribution in [-0.2, 0) is 0 Å². The Bertz CT molecular complexity index is 944. The maximum Gasteiger partial charge on any atom is 0.228 e. The van der Waals surface area contributed by atoms with Crippen LogP contribution in [0.1, 0.15) is 19.3 Å². The molecule has 0 aliphatic heterocycles. The van der Waals surface area contributed by atoms with Gasteiger partial charge in [-0.1, -0.05) is 0 Å². The zero-order valence-electron chi connectivity index (χ0n) is 16.1. The molecule has 3 N–H and O–H groups in total. The summed E-state index contributed by atoms with van der Waals surface area (Å²) in [5, 5.41) is 9.50. The van der Waals surface area contributed by atoms with E-state index < -0.39 is 0 Å². The molecule has 3 aromatic rings. The maximum atomic E-state index is 5.89. The van der Waals surface area contributed by atoms with Gasteiger partial charge in [-0.25, -0.2) is 0 Å². The van der Waals surface area contributed by atoms with E-state index >= 15 is 0 Å². The second-order valence-corrected chi connectivity index (χ2v) is 8.85. The minimum Gasteiger partial charge on any atom is -0.351 e. The van der Waals surface area contributed by atoms with Gasteiger partial charge in [-0.15, -0.1) is 0 Å². The van der Waals surface area contributed by atoms with Crippen LogP contribution in [0.5, 0.6) is 0 Å². The number of hydrogen-bond acceptors (Lipinski definition) is 12. The Kier molecular flexibility index (Phi) is 7.82. The largest absolute Gasteiger partial charge is 0.351 e. The molecule has 1 fully saturated rings. The molecule has 1 saturated carbocycles. The number of rotatable bonds is 6. The van der Waals surface area contributed by atoms with Gasteiger partial charge in [-0.3, -0.25) is 0 Å². The molecule has 4 rings (SSSR count). The topological polar surface area (TPSA) is 152 Å². The molecule has 0 spiro atoms. The third kappa shape index (κ3) is 7.08. The van der Waals surface area contributed by atoms with Gasteiger partial charge in [0.25, 0.3) is 0 Å². The Hall–Kier alpha value is -1.83. The lowest BCUT2D eigenvalue weighted by Gasteiger charge is -2.36. The lowest BCUT2D eigenvalue weighted by molar-refractivity contribution is 0.393. The molecule has 3 heterocycles. The molecular formula is C15H12Cl6N12. The molecule has 18 heteroatoms. The first-order chi connectivity index (χ1) is 15.7. The molecule has 0 atom stereocenters. The monoisotopic (exact) mass is 570 g/mol. The van der Waals surface area contributed by atoms with E-state index in [4.69, 9.17) is 69.6 Å². The number of aromatic nitrogens is 9. The van der Waals surface area contributed by atoms with Crippen molar-refractivity contribution in [3.8, 4) is 0 Å². The predicted octanol–water partition coefficient (Wildman–Crippen LogP) is 4.09. The van der Waals surface area contributed by atoms with E-state index in [9.17, 15) is 0 Å². The number of nitrogens with zero attached hydrogens (tertiary/aromatic N) is 9. The van der Waals surface area contributed by atoms with Crippen LogP contribution < -0.4 is 16.0 Å². The van der Waals surface area contributed by atoms with Crippen molar-refractivity contribution in [2.45, 2.75) is 37.4 Å². The highest BCUT2D eigenvalue weighted by Crippen LogP contribution is 2.27. The molecule has 174 valence electrons. The van der Waals surface area contributed by atoms with Crippen molar-refractivity contribution in [2.75, 3.05) is 16.0 Å². The lowest BCUT2D eigenvalue weighted by Crippen LogP contribution is -2.44. The van der Waals surface area contributed by atoms with Gasteiger partial charge < -0.3 is 16.0 Å². The molecule has 0 bridgehead atoms. The van der Waals surface area contributed by atoms with Crippen molar-refractivity contribution in [1.29, 1.82) is 0 Å².